The van der Waals surface area contributed by atoms with Crippen LogP contribution in [0.4, 0.5) is 0 Å². The normalized spacial score (nSPS) is 27.1. The quantitative estimate of drug-likeness (QED) is 0.799. The molecule has 90 valence electrons. The maximum atomic E-state index is 4.22. The van der Waals surface area contributed by atoms with Crippen LogP contribution in [0.25, 0.3) is 0 Å². The number of aromatic amines is 1. The van der Waals surface area contributed by atoms with Gasteiger partial charge in [0.2, 0.25) is 0 Å². The van der Waals surface area contributed by atoms with E-state index in [4.69, 9.17) is 0 Å². The highest BCUT2D eigenvalue weighted by molar-refractivity contribution is 4.88. The van der Waals surface area contributed by atoms with Gasteiger partial charge in [0, 0.05) is 37.4 Å². The molecule has 1 saturated heterocycles. The molecule has 2 rings (SSSR count). The van der Waals surface area contributed by atoms with Crippen LogP contribution < -0.4 is 5.32 Å². The lowest BCUT2D eigenvalue weighted by Gasteiger charge is -2.35. The molecular weight excluding hydrogens is 200 g/mol. The van der Waals surface area contributed by atoms with Crippen molar-refractivity contribution in [2.24, 2.45) is 0 Å². The third-order valence-corrected chi connectivity index (χ3v) is 3.56. The van der Waals surface area contributed by atoms with Gasteiger partial charge in [0.1, 0.15) is 5.82 Å². The molecule has 16 heavy (non-hydrogen) atoms. The SMILES string of the molecule is CC1CC(NCCc2ncc[nH]2)CCN1C. The summed E-state index contributed by atoms with van der Waals surface area (Å²) in [5, 5.41) is 3.62. The molecule has 0 bridgehead atoms. The molecule has 0 aromatic carbocycles. The lowest BCUT2D eigenvalue weighted by Crippen LogP contribution is -2.46. The number of imidazole rings is 1. The Labute approximate surface area is 97.4 Å². The molecule has 0 aliphatic carbocycles. The van der Waals surface area contributed by atoms with Gasteiger partial charge in [-0.3, -0.25) is 0 Å². The van der Waals surface area contributed by atoms with Crippen molar-refractivity contribution in [1.29, 1.82) is 0 Å². The van der Waals surface area contributed by atoms with E-state index in [9.17, 15) is 0 Å². The van der Waals surface area contributed by atoms with Gasteiger partial charge in [0.25, 0.3) is 0 Å². The third-order valence-electron chi connectivity index (χ3n) is 3.56. The Hall–Kier alpha value is -0.870. The van der Waals surface area contributed by atoms with E-state index < -0.39 is 0 Å². The van der Waals surface area contributed by atoms with Crippen LogP contribution in [0, 0.1) is 0 Å². The Morgan fingerprint density at radius 1 is 1.62 bits per heavy atom. The van der Waals surface area contributed by atoms with Crippen LogP contribution in [0.15, 0.2) is 12.4 Å². The minimum atomic E-state index is 0.682. The van der Waals surface area contributed by atoms with Crippen molar-refractivity contribution >= 4 is 0 Å². The van der Waals surface area contributed by atoms with E-state index in [0.717, 1.165) is 18.8 Å². The zero-order chi connectivity index (χ0) is 11.4. The molecule has 0 spiro atoms. The second kappa shape index (κ2) is 5.46. The maximum absolute atomic E-state index is 4.22. The molecule has 2 N–H and O–H groups in total. The first-order valence-corrected chi connectivity index (χ1v) is 6.17. The van der Waals surface area contributed by atoms with Crippen molar-refractivity contribution in [2.75, 3.05) is 20.1 Å². The van der Waals surface area contributed by atoms with E-state index >= 15 is 0 Å². The first-order valence-electron chi connectivity index (χ1n) is 6.17. The number of aromatic nitrogens is 2. The fraction of sp³-hybridized carbons (Fsp3) is 0.750. The Balaban J connectivity index is 1.67. The van der Waals surface area contributed by atoms with Gasteiger partial charge in [-0.25, -0.2) is 4.98 Å². The summed E-state index contributed by atoms with van der Waals surface area (Å²) in [6.07, 6.45) is 7.21. The number of hydrogen-bond donors (Lipinski definition) is 2. The summed E-state index contributed by atoms with van der Waals surface area (Å²) >= 11 is 0. The average Bonchev–Trinajstić information content (AvgIpc) is 2.76. The highest BCUT2D eigenvalue weighted by atomic mass is 15.1. The van der Waals surface area contributed by atoms with Gasteiger partial charge in [-0.1, -0.05) is 0 Å². The number of likely N-dealkylation sites (tertiary alicyclic amines) is 1. The van der Waals surface area contributed by atoms with E-state index in [1.807, 2.05) is 12.4 Å². The van der Waals surface area contributed by atoms with Gasteiger partial charge >= 0.3 is 0 Å². The van der Waals surface area contributed by atoms with Crippen molar-refractivity contribution in [3.63, 3.8) is 0 Å². The minimum absolute atomic E-state index is 0.682. The van der Waals surface area contributed by atoms with Crippen LogP contribution in [-0.4, -0.2) is 47.1 Å². The predicted octanol–water partition coefficient (Wildman–Crippen LogP) is 1.02. The molecule has 1 aromatic rings. The summed E-state index contributed by atoms with van der Waals surface area (Å²) in [5.74, 6) is 1.08. The standard InChI is InChI=1S/C12H22N4/c1-10-9-11(4-8-16(10)2)13-5-3-12-14-6-7-15-12/h6-7,10-11,13H,3-5,8-9H2,1-2H3,(H,14,15). The highest BCUT2D eigenvalue weighted by Gasteiger charge is 2.21. The van der Waals surface area contributed by atoms with E-state index in [-0.39, 0.29) is 0 Å². The molecule has 0 radical (unpaired) electrons. The van der Waals surface area contributed by atoms with Crippen molar-refractivity contribution in [1.82, 2.24) is 20.2 Å². The average molecular weight is 222 g/mol. The van der Waals surface area contributed by atoms with E-state index in [1.54, 1.807) is 0 Å². The second-order valence-electron chi connectivity index (χ2n) is 4.79. The molecule has 4 heteroatoms. The van der Waals surface area contributed by atoms with E-state index in [2.05, 4.69) is 34.2 Å². The summed E-state index contributed by atoms with van der Waals surface area (Å²) in [6, 6.07) is 1.39. The van der Waals surface area contributed by atoms with Crippen LogP contribution in [0.5, 0.6) is 0 Å². The molecule has 1 aliphatic rings. The molecule has 0 amide bonds. The minimum Gasteiger partial charge on any atom is -0.349 e. The predicted molar refractivity (Wildman–Crippen MR) is 65.4 cm³/mol. The van der Waals surface area contributed by atoms with Gasteiger partial charge < -0.3 is 15.2 Å². The number of hydrogen-bond acceptors (Lipinski definition) is 3. The zero-order valence-corrected chi connectivity index (χ0v) is 10.2. The largest absolute Gasteiger partial charge is 0.349 e. The Morgan fingerprint density at radius 2 is 2.50 bits per heavy atom. The van der Waals surface area contributed by atoms with Crippen LogP contribution in [0.3, 0.4) is 0 Å². The number of H-pyrrole nitrogens is 1. The Kier molecular flexibility index (Phi) is 3.96. The van der Waals surface area contributed by atoms with Crippen molar-refractivity contribution in [3.05, 3.63) is 18.2 Å². The summed E-state index contributed by atoms with van der Waals surface area (Å²) in [4.78, 5) is 9.79. The van der Waals surface area contributed by atoms with Crippen molar-refractivity contribution < 1.29 is 0 Å². The van der Waals surface area contributed by atoms with Crippen LogP contribution in [0.1, 0.15) is 25.6 Å². The smallest absolute Gasteiger partial charge is 0.107 e. The Bertz CT molecular complexity index is 296. The number of rotatable bonds is 4. The van der Waals surface area contributed by atoms with Crippen LogP contribution in [0.2, 0.25) is 0 Å². The fourth-order valence-corrected chi connectivity index (χ4v) is 2.30. The topological polar surface area (TPSA) is 44.0 Å². The Morgan fingerprint density at radius 3 is 3.19 bits per heavy atom. The van der Waals surface area contributed by atoms with Gasteiger partial charge in [-0.15, -0.1) is 0 Å². The summed E-state index contributed by atoms with van der Waals surface area (Å²) in [5.41, 5.74) is 0. The molecule has 1 aliphatic heterocycles. The lowest BCUT2D eigenvalue weighted by molar-refractivity contribution is 0.169. The summed E-state index contributed by atoms with van der Waals surface area (Å²) < 4.78 is 0. The summed E-state index contributed by atoms with van der Waals surface area (Å²) in [7, 11) is 2.21. The van der Waals surface area contributed by atoms with Gasteiger partial charge in [0.15, 0.2) is 0 Å². The van der Waals surface area contributed by atoms with Gasteiger partial charge in [-0.2, -0.15) is 0 Å². The highest BCUT2D eigenvalue weighted by Crippen LogP contribution is 2.14. The van der Waals surface area contributed by atoms with Gasteiger partial charge in [-0.05, 0) is 33.4 Å². The first kappa shape index (κ1) is 11.6. The molecule has 2 atom stereocenters. The maximum Gasteiger partial charge on any atom is 0.107 e. The van der Waals surface area contributed by atoms with E-state index in [0.29, 0.717) is 12.1 Å². The van der Waals surface area contributed by atoms with E-state index in [1.165, 1.54) is 19.4 Å². The fourth-order valence-electron chi connectivity index (χ4n) is 2.30. The van der Waals surface area contributed by atoms with Crippen LogP contribution >= 0.6 is 0 Å². The molecule has 1 fully saturated rings. The third kappa shape index (κ3) is 3.06. The zero-order valence-electron chi connectivity index (χ0n) is 10.2. The molecule has 2 heterocycles. The van der Waals surface area contributed by atoms with Crippen molar-refractivity contribution in [3.8, 4) is 0 Å². The second-order valence-corrected chi connectivity index (χ2v) is 4.79. The lowest BCUT2D eigenvalue weighted by atomic mass is 9.99. The number of piperidine rings is 1. The number of nitrogens with zero attached hydrogens (tertiary/aromatic N) is 2. The monoisotopic (exact) mass is 222 g/mol. The van der Waals surface area contributed by atoms with Gasteiger partial charge in [0.05, 0.1) is 0 Å². The molecular formula is C12H22N4. The molecule has 0 saturated carbocycles. The van der Waals surface area contributed by atoms with Crippen LogP contribution in [-0.2, 0) is 6.42 Å². The van der Waals surface area contributed by atoms with Crippen molar-refractivity contribution in [2.45, 2.75) is 38.3 Å². The molecule has 1 aromatic heterocycles. The summed E-state index contributed by atoms with van der Waals surface area (Å²) in [6.45, 7) is 4.54. The molecule has 4 nitrogen and oxygen atoms in total. The molecule has 2 unspecified atom stereocenters. The number of nitrogens with one attached hydrogen (secondary N) is 2. The first-order chi connectivity index (χ1) is 7.75.